The van der Waals surface area contributed by atoms with Crippen LogP contribution in [0.4, 0.5) is 11.4 Å². The summed E-state index contributed by atoms with van der Waals surface area (Å²) >= 11 is 5.61. The number of benzene rings is 1. The standard InChI is InChI=1S/C14H21ClN2/c1-4-17(5-2)14-8-6-13(7-9-14)16-11-12(3)10-15/h6-10,16H,4-5,11H2,1-3H3/b12-10+. The van der Waals surface area contributed by atoms with Gasteiger partial charge in [0.15, 0.2) is 0 Å². The molecule has 0 amide bonds. The highest BCUT2D eigenvalue weighted by atomic mass is 35.5. The first-order valence-corrected chi connectivity index (χ1v) is 6.49. The van der Waals surface area contributed by atoms with Crippen LogP contribution in [0.5, 0.6) is 0 Å². The number of nitrogens with zero attached hydrogens (tertiary/aromatic N) is 1. The molecule has 1 rings (SSSR count). The number of anilines is 2. The summed E-state index contributed by atoms with van der Waals surface area (Å²) in [4.78, 5) is 2.33. The topological polar surface area (TPSA) is 15.3 Å². The van der Waals surface area contributed by atoms with Crippen LogP contribution >= 0.6 is 11.6 Å². The van der Waals surface area contributed by atoms with Crippen LogP contribution in [0.3, 0.4) is 0 Å². The van der Waals surface area contributed by atoms with Gasteiger partial charge < -0.3 is 10.2 Å². The van der Waals surface area contributed by atoms with Gasteiger partial charge in [-0.1, -0.05) is 11.6 Å². The molecular formula is C14H21ClN2. The third-order valence-electron chi connectivity index (χ3n) is 2.75. The second-order valence-electron chi connectivity index (χ2n) is 4.03. The lowest BCUT2D eigenvalue weighted by Gasteiger charge is -2.21. The summed E-state index contributed by atoms with van der Waals surface area (Å²) in [5.41, 5.74) is 5.13. The van der Waals surface area contributed by atoms with Gasteiger partial charge >= 0.3 is 0 Å². The summed E-state index contributed by atoms with van der Waals surface area (Å²) in [6, 6.07) is 8.51. The monoisotopic (exact) mass is 252 g/mol. The quantitative estimate of drug-likeness (QED) is 0.821. The molecule has 0 aromatic heterocycles. The van der Waals surface area contributed by atoms with E-state index in [0.29, 0.717) is 0 Å². The van der Waals surface area contributed by atoms with Crippen molar-refractivity contribution in [2.75, 3.05) is 29.9 Å². The van der Waals surface area contributed by atoms with E-state index in [9.17, 15) is 0 Å². The van der Waals surface area contributed by atoms with Crippen LogP contribution in [0, 0.1) is 0 Å². The Labute approximate surface area is 109 Å². The van der Waals surface area contributed by atoms with Gasteiger partial charge in [-0.2, -0.15) is 0 Å². The van der Waals surface area contributed by atoms with Crippen molar-refractivity contribution in [1.82, 2.24) is 0 Å². The Morgan fingerprint density at radius 2 is 1.82 bits per heavy atom. The minimum Gasteiger partial charge on any atom is -0.381 e. The van der Waals surface area contributed by atoms with Gasteiger partial charge in [0.1, 0.15) is 0 Å². The summed E-state index contributed by atoms with van der Waals surface area (Å²) in [5.74, 6) is 0. The SMILES string of the molecule is CCN(CC)c1ccc(NC/C(C)=C/Cl)cc1. The van der Waals surface area contributed by atoms with Crippen LogP contribution in [-0.4, -0.2) is 19.6 Å². The second kappa shape index (κ2) is 7.23. The number of hydrogen-bond donors (Lipinski definition) is 1. The molecule has 17 heavy (non-hydrogen) atoms. The van der Waals surface area contributed by atoms with Crippen LogP contribution in [0.1, 0.15) is 20.8 Å². The average Bonchev–Trinajstić information content (AvgIpc) is 2.38. The van der Waals surface area contributed by atoms with Gasteiger partial charge in [-0.3, -0.25) is 0 Å². The van der Waals surface area contributed by atoms with Crippen molar-refractivity contribution in [3.8, 4) is 0 Å². The first kappa shape index (κ1) is 13.9. The van der Waals surface area contributed by atoms with Crippen molar-refractivity contribution in [3.63, 3.8) is 0 Å². The van der Waals surface area contributed by atoms with E-state index >= 15 is 0 Å². The summed E-state index contributed by atoms with van der Waals surface area (Å²) in [5, 5.41) is 3.33. The Balaban J connectivity index is 2.61. The predicted octanol–water partition coefficient (Wildman–Crippen LogP) is 4.09. The zero-order chi connectivity index (χ0) is 12.7. The Morgan fingerprint density at radius 3 is 2.29 bits per heavy atom. The lowest BCUT2D eigenvalue weighted by Crippen LogP contribution is -2.21. The Kier molecular flexibility index (Phi) is 5.92. The smallest absolute Gasteiger partial charge is 0.0369 e. The van der Waals surface area contributed by atoms with Gasteiger partial charge in [0.2, 0.25) is 0 Å². The predicted molar refractivity (Wildman–Crippen MR) is 78.1 cm³/mol. The first-order chi connectivity index (χ1) is 8.21. The number of hydrogen-bond acceptors (Lipinski definition) is 2. The Morgan fingerprint density at radius 1 is 1.24 bits per heavy atom. The molecule has 94 valence electrons. The fourth-order valence-electron chi connectivity index (χ4n) is 1.66. The van der Waals surface area contributed by atoms with E-state index in [1.54, 1.807) is 5.54 Å². The number of halogens is 1. The minimum atomic E-state index is 0.786. The third kappa shape index (κ3) is 4.31. The summed E-state index contributed by atoms with van der Waals surface area (Å²) < 4.78 is 0. The van der Waals surface area contributed by atoms with Crippen molar-refractivity contribution in [2.45, 2.75) is 20.8 Å². The van der Waals surface area contributed by atoms with Gasteiger partial charge in [-0.05, 0) is 50.6 Å². The Hall–Kier alpha value is -1.15. The molecule has 0 aliphatic carbocycles. The van der Waals surface area contributed by atoms with Crippen molar-refractivity contribution in [1.29, 1.82) is 0 Å². The fraction of sp³-hybridized carbons (Fsp3) is 0.429. The molecule has 3 heteroatoms. The first-order valence-electron chi connectivity index (χ1n) is 6.06. The zero-order valence-corrected chi connectivity index (χ0v) is 11.6. The molecule has 0 aliphatic rings. The minimum absolute atomic E-state index is 0.786. The summed E-state index contributed by atoms with van der Waals surface area (Å²) in [6.45, 7) is 9.21. The van der Waals surface area contributed by atoms with Crippen LogP contribution in [0.2, 0.25) is 0 Å². The van der Waals surface area contributed by atoms with E-state index in [4.69, 9.17) is 11.6 Å². The lowest BCUT2D eigenvalue weighted by atomic mass is 10.2. The normalized spacial score (nSPS) is 11.4. The summed E-state index contributed by atoms with van der Waals surface area (Å²) in [7, 11) is 0. The maximum Gasteiger partial charge on any atom is 0.0369 e. The molecule has 0 aliphatic heterocycles. The molecule has 0 saturated heterocycles. The second-order valence-corrected chi connectivity index (χ2v) is 4.25. The van der Waals surface area contributed by atoms with E-state index in [1.165, 1.54) is 5.69 Å². The summed E-state index contributed by atoms with van der Waals surface area (Å²) in [6.07, 6.45) is 0. The van der Waals surface area contributed by atoms with E-state index in [-0.39, 0.29) is 0 Å². The highest BCUT2D eigenvalue weighted by molar-refractivity contribution is 6.25. The third-order valence-corrected chi connectivity index (χ3v) is 3.13. The molecule has 0 radical (unpaired) electrons. The van der Waals surface area contributed by atoms with Crippen molar-refractivity contribution in [3.05, 3.63) is 35.4 Å². The van der Waals surface area contributed by atoms with Gasteiger partial charge in [0.25, 0.3) is 0 Å². The van der Waals surface area contributed by atoms with Gasteiger partial charge in [0.05, 0.1) is 0 Å². The van der Waals surface area contributed by atoms with Crippen molar-refractivity contribution >= 4 is 23.0 Å². The molecule has 0 unspecified atom stereocenters. The maximum absolute atomic E-state index is 5.61. The van der Waals surface area contributed by atoms with Crippen LogP contribution in [0.25, 0.3) is 0 Å². The van der Waals surface area contributed by atoms with E-state index in [0.717, 1.165) is 30.9 Å². The molecule has 1 N–H and O–H groups in total. The van der Waals surface area contributed by atoms with Crippen molar-refractivity contribution < 1.29 is 0 Å². The molecule has 0 atom stereocenters. The molecule has 0 bridgehead atoms. The molecule has 1 aromatic carbocycles. The van der Waals surface area contributed by atoms with Gasteiger partial charge in [0, 0.05) is 36.5 Å². The van der Waals surface area contributed by atoms with Crippen LogP contribution in [0.15, 0.2) is 35.4 Å². The van der Waals surface area contributed by atoms with E-state index < -0.39 is 0 Å². The largest absolute Gasteiger partial charge is 0.381 e. The van der Waals surface area contributed by atoms with E-state index in [2.05, 4.69) is 48.3 Å². The lowest BCUT2D eigenvalue weighted by molar-refractivity contribution is 0.866. The molecule has 2 nitrogen and oxygen atoms in total. The van der Waals surface area contributed by atoms with E-state index in [1.807, 2.05) is 6.92 Å². The molecule has 0 heterocycles. The maximum atomic E-state index is 5.61. The number of nitrogens with one attached hydrogen (secondary N) is 1. The highest BCUT2D eigenvalue weighted by Gasteiger charge is 2.00. The molecule has 1 aromatic rings. The number of rotatable bonds is 6. The van der Waals surface area contributed by atoms with Crippen LogP contribution in [-0.2, 0) is 0 Å². The van der Waals surface area contributed by atoms with Gasteiger partial charge in [-0.15, -0.1) is 0 Å². The molecule has 0 spiro atoms. The zero-order valence-electron chi connectivity index (χ0n) is 10.8. The fourth-order valence-corrected chi connectivity index (χ4v) is 1.74. The Bertz CT molecular complexity index is 353. The van der Waals surface area contributed by atoms with Gasteiger partial charge in [-0.25, -0.2) is 0 Å². The van der Waals surface area contributed by atoms with Crippen molar-refractivity contribution in [2.24, 2.45) is 0 Å². The molecular weight excluding hydrogens is 232 g/mol. The molecule has 0 fully saturated rings. The molecule has 0 saturated carbocycles. The van der Waals surface area contributed by atoms with Crippen LogP contribution < -0.4 is 10.2 Å². The average molecular weight is 253 g/mol. The highest BCUT2D eigenvalue weighted by Crippen LogP contribution is 2.17.